The van der Waals surface area contributed by atoms with Gasteiger partial charge in [0.25, 0.3) is 7.52 Å². The van der Waals surface area contributed by atoms with Crippen LogP contribution in [0.2, 0.25) is 0 Å². The second-order valence-electron chi connectivity index (χ2n) is 2.91. The first-order chi connectivity index (χ1) is 4.54. The molecule has 0 radical (unpaired) electrons. The maximum Gasteiger partial charge on any atom is 0.272 e. The monoisotopic (exact) mass is 163 g/mol. The molecular weight excluding hydrogens is 149 g/mol. The van der Waals surface area contributed by atoms with Gasteiger partial charge in [0, 0.05) is 6.16 Å². The lowest BCUT2D eigenvalue weighted by molar-refractivity contribution is 0.236. The Morgan fingerprint density at radius 3 is 2.40 bits per heavy atom. The predicted octanol–water partition coefficient (Wildman–Crippen LogP) is 1.55. The Balaban J connectivity index is 2.64. The zero-order valence-corrected chi connectivity index (χ0v) is 7.60. The zero-order chi connectivity index (χ0) is 7.78. The van der Waals surface area contributed by atoms with Gasteiger partial charge in [0.1, 0.15) is 0 Å². The van der Waals surface area contributed by atoms with E-state index in [4.69, 9.17) is 4.52 Å². The molecule has 0 N–H and O–H groups in total. The van der Waals surface area contributed by atoms with Gasteiger partial charge in [0.2, 0.25) is 0 Å². The SMILES string of the molecule is CC1CCP(=O)(N(C)C)O1. The molecule has 1 fully saturated rings. The molecule has 0 aromatic heterocycles. The highest BCUT2D eigenvalue weighted by Gasteiger charge is 2.34. The quantitative estimate of drug-likeness (QED) is 0.549. The van der Waals surface area contributed by atoms with E-state index in [1.807, 2.05) is 6.92 Å². The molecule has 60 valence electrons. The first kappa shape index (κ1) is 8.25. The third kappa shape index (κ3) is 1.42. The molecule has 0 amide bonds. The summed E-state index contributed by atoms with van der Waals surface area (Å²) < 4.78 is 18.6. The highest BCUT2D eigenvalue weighted by Crippen LogP contribution is 2.55. The Kier molecular flexibility index (Phi) is 2.18. The molecule has 0 saturated carbocycles. The summed E-state index contributed by atoms with van der Waals surface area (Å²) in [5.74, 6) is 0. The van der Waals surface area contributed by atoms with Crippen molar-refractivity contribution in [2.75, 3.05) is 20.3 Å². The summed E-state index contributed by atoms with van der Waals surface area (Å²) in [6, 6.07) is 0. The van der Waals surface area contributed by atoms with Gasteiger partial charge in [-0.25, -0.2) is 4.67 Å². The standard InChI is InChI=1S/C6H14NO2P/c1-6-4-5-10(8,9-6)7(2)3/h6H,4-5H2,1-3H3. The van der Waals surface area contributed by atoms with Crippen LogP contribution in [0.1, 0.15) is 13.3 Å². The molecule has 0 aliphatic carbocycles. The van der Waals surface area contributed by atoms with Crippen molar-refractivity contribution in [1.29, 1.82) is 0 Å². The van der Waals surface area contributed by atoms with Crippen molar-refractivity contribution in [1.82, 2.24) is 4.67 Å². The van der Waals surface area contributed by atoms with E-state index < -0.39 is 7.52 Å². The van der Waals surface area contributed by atoms with Crippen LogP contribution in [0, 0.1) is 0 Å². The van der Waals surface area contributed by atoms with Gasteiger partial charge in [-0.05, 0) is 27.4 Å². The smallest absolute Gasteiger partial charge is 0.272 e. The van der Waals surface area contributed by atoms with Crippen LogP contribution < -0.4 is 0 Å². The van der Waals surface area contributed by atoms with E-state index in [0.29, 0.717) is 6.16 Å². The average Bonchev–Trinajstić information content (AvgIpc) is 2.13. The third-order valence-electron chi connectivity index (χ3n) is 1.77. The molecule has 0 aromatic rings. The van der Waals surface area contributed by atoms with Crippen molar-refractivity contribution < 1.29 is 9.09 Å². The van der Waals surface area contributed by atoms with Crippen molar-refractivity contribution in [3.63, 3.8) is 0 Å². The maximum absolute atomic E-state index is 11.6. The predicted molar refractivity (Wildman–Crippen MR) is 41.3 cm³/mol. The molecule has 1 aliphatic rings. The lowest BCUT2D eigenvalue weighted by Crippen LogP contribution is -2.09. The second kappa shape index (κ2) is 2.65. The summed E-state index contributed by atoms with van der Waals surface area (Å²) in [4.78, 5) is 0. The summed E-state index contributed by atoms with van der Waals surface area (Å²) in [6.07, 6.45) is 1.81. The lowest BCUT2D eigenvalue weighted by Gasteiger charge is -2.18. The molecule has 1 heterocycles. The molecule has 1 rings (SSSR count). The van der Waals surface area contributed by atoms with Crippen LogP contribution in [0.4, 0.5) is 0 Å². The maximum atomic E-state index is 11.6. The van der Waals surface area contributed by atoms with Gasteiger partial charge in [-0.15, -0.1) is 0 Å². The topological polar surface area (TPSA) is 29.5 Å². The molecule has 0 aromatic carbocycles. The number of rotatable bonds is 1. The molecule has 4 heteroatoms. The summed E-state index contributed by atoms with van der Waals surface area (Å²) in [6.45, 7) is 1.96. The van der Waals surface area contributed by atoms with Crippen molar-refractivity contribution in [3.8, 4) is 0 Å². The third-order valence-corrected chi connectivity index (χ3v) is 4.50. The minimum absolute atomic E-state index is 0.174. The van der Waals surface area contributed by atoms with Crippen molar-refractivity contribution >= 4 is 7.52 Å². The first-order valence-electron chi connectivity index (χ1n) is 3.50. The number of hydrogen-bond acceptors (Lipinski definition) is 2. The summed E-state index contributed by atoms with van der Waals surface area (Å²) in [5, 5.41) is 0. The Morgan fingerprint density at radius 2 is 2.20 bits per heavy atom. The van der Waals surface area contributed by atoms with Gasteiger partial charge in [-0.3, -0.25) is 4.57 Å². The summed E-state index contributed by atoms with van der Waals surface area (Å²) in [5.41, 5.74) is 0. The molecule has 1 aliphatic heterocycles. The van der Waals surface area contributed by atoms with Crippen LogP contribution >= 0.6 is 7.52 Å². The molecule has 0 spiro atoms. The van der Waals surface area contributed by atoms with E-state index in [0.717, 1.165) is 6.42 Å². The van der Waals surface area contributed by atoms with Crippen LogP contribution in [0.5, 0.6) is 0 Å². The van der Waals surface area contributed by atoms with Gasteiger partial charge < -0.3 is 4.52 Å². The normalized spacial score (nSPS) is 41.0. The fourth-order valence-electron chi connectivity index (χ4n) is 1.03. The van der Waals surface area contributed by atoms with Crippen LogP contribution in [0.25, 0.3) is 0 Å². The van der Waals surface area contributed by atoms with Gasteiger partial charge in [-0.1, -0.05) is 0 Å². The number of hydrogen-bond donors (Lipinski definition) is 0. The van der Waals surface area contributed by atoms with Gasteiger partial charge in [0.15, 0.2) is 0 Å². The van der Waals surface area contributed by atoms with Gasteiger partial charge in [-0.2, -0.15) is 0 Å². The Bertz CT molecular complexity index is 169. The molecule has 2 unspecified atom stereocenters. The van der Waals surface area contributed by atoms with E-state index in [1.165, 1.54) is 0 Å². The highest BCUT2D eigenvalue weighted by molar-refractivity contribution is 7.56. The summed E-state index contributed by atoms with van der Waals surface area (Å²) in [7, 11) is 1.24. The Hall–Kier alpha value is 0.150. The van der Waals surface area contributed by atoms with Crippen LogP contribution in [0.3, 0.4) is 0 Å². The van der Waals surface area contributed by atoms with Gasteiger partial charge >= 0.3 is 0 Å². The average molecular weight is 163 g/mol. The molecular formula is C6H14NO2P. The fraction of sp³-hybridized carbons (Fsp3) is 1.00. The Labute approximate surface area is 61.9 Å². The van der Waals surface area contributed by atoms with Crippen LogP contribution in [-0.4, -0.2) is 31.0 Å². The van der Waals surface area contributed by atoms with Crippen molar-refractivity contribution in [2.24, 2.45) is 0 Å². The second-order valence-corrected chi connectivity index (χ2v) is 5.65. The largest absolute Gasteiger partial charge is 0.314 e. The van der Waals surface area contributed by atoms with Crippen molar-refractivity contribution in [2.45, 2.75) is 19.4 Å². The summed E-state index contributed by atoms with van der Waals surface area (Å²) >= 11 is 0. The fourth-order valence-corrected chi connectivity index (χ4v) is 3.08. The van der Waals surface area contributed by atoms with Gasteiger partial charge in [0.05, 0.1) is 6.10 Å². The highest BCUT2D eigenvalue weighted by atomic mass is 31.2. The molecule has 3 nitrogen and oxygen atoms in total. The zero-order valence-electron chi connectivity index (χ0n) is 6.70. The van der Waals surface area contributed by atoms with E-state index in [-0.39, 0.29) is 6.10 Å². The van der Waals surface area contributed by atoms with E-state index in [2.05, 4.69) is 0 Å². The first-order valence-corrected chi connectivity index (χ1v) is 5.26. The van der Waals surface area contributed by atoms with E-state index in [1.54, 1.807) is 18.8 Å². The lowest BCUT2D eigenvalue weighted by atomic mass is 10.3. The van der Waals surface area contributed by atoms with Crippen LogP contribution in [-0.2, 0) is 9.09 Å². The minimum Gasteiger partial charge on any atom is -0.314 e. The number of nitrogens with zero attached hydrogens (tertiary/aromatic N) is 1. The van der Waals surface area contributed by atoms with E-state index >= 15 is 0 Å². The Morgan fingerprint density at radius 1 is 1.60 bits per heavy atom. The molecule has 1 saturated heterocycles. The molecule has 0 bridgehead atoms. The van der Waals surface area contributed by atoms with Crippen molar-refractivity contribution in [3.05, 3.63) is 0 Å². The van der Waals surface area contributed by atoms with Crippen LogP contribution in [0.15, 0.2) is 0 Å². The molecule has 2 atom stereocenters. The van der Waals surface area contributed by atoms with E-state index in [9.17, 15) is 4.57 Å². The molecule has 10 heavy (non-hydrogen) atoms. The minimum atomic E-state index is -2.36.